The Hall–Kier alpha value is -3.44. The maximum absolute atomic E-state index is 13.4. The van der Waals surface area contributed by atoms with Gasteiger partial charge in [0.1, 0.15) is 22.9 Å². The molecule has 0 spiro atoms. The van der Waals surface area contributed by atoms with Crippen LogP contribution in [0, 0.1) is 0 Å². The lowest BCUT2D eigenvalue weighted by Crippen LogP contribution is -2.50. The van der Waals surface area contributed by atoms with Crippen LogP contribution in [-0.2, 0) is 4.74 Å². The number of aromatic nitrogens is 4. The molecular formula is C25H33N7O4. The van der Waals surface area contributed by atoms with E-state index in [9.17, 15) is 14.7 Å². The molecule has 3 aromatic rings. The normalized spacial score (nSPS) is 25.8. The molecule has 192 valence electrons. The molecular weight excluding hydrogens is 462 g/mol. The van der Waals surface area contributed by atoms with E-state index in [4.69, 9.17) is 4.74 Å². The number of carbonyl (C=O) groups is 1. The van der Waals surface area contributed by atoms with Gasteiger partial charge in [-0.25, -0.2) is 4.98 Å². The Balaban J connectivity index is 1.42. The highest BCUT2D eigenvalue weighted by Crippen LogP contribution is 2.36. The zero-order chi connectivity index (χ0) is 25.4. The first-order valence-corrected chi connectivity index (χ1v) is 12.4. The highest BCUT2D eigenvalue weighted by atomic mass is 16.5. The summed E-state index contributed by atoms with van der Waals surface area (Å²) in [6.07, 6.45) is 7.70. The van der Waals surface area contributed by atoms with Crippen LogP contribution < -0.4 is 21.5 Å². The fraction of sp³-hybridized carbons (Fsp3) is 0.520. The molecule has 4 N–H and O–H groups in total. The third-order valence-electron chi connectivity index (χ3n) is 7.66. The smallest absolute Gasteiger partial charge is 0.274 e. The molecule has 3 aromatic heterocycles. The number of hydrogen-bond donors (Lipinski definition) is 4. The first-order chi connectivity index (χ1) is 17.3. The first kappa shape index (κ1) is 24.3. The SMILES string of the molecule is CNc1cc(Nc2cccn([C@H]3CC[C@](C)(OC)CC3)c2=O)nc2c(C(=O)N[C@@H]3CC[C@H]3O)cnn12. The predicted octanol–water partition coefficient (Wildman–Crippen LogP) is 2.45. The maximum Gasteiger partial charge on any atom is 0.274 e. The molecule has 11 nitrogen and oxygen atoms in total. The summed E-state index contributed by atoms with van der Waals surface area (Å²) in [4.78, 5) is 30.8. The minimum atomic E-state index is -0.526. The molecule has 5 rings (SSSR count). The van der Waals surface area contributed by atoms with Gasteiger partial charge in [-0.3, -0.25) is 9.59 Å². The topological polar surface area (TPSA) is 135 Å². The van der Waals surface area contributed by atoms with E-state index in [-0.39, 0.29) is 29.2 Å². The van der Waals surface area contributed by atoms with Crippen molar-refractivity contribution in [2.24, 2.45) is 0 Å². The third kappa shape index (κ3) is 4.44. The van der Waals surface area contributed by atoms with E-state index >= 15 is 0 Å². The second kappa shape index (κ2) is 9.55. The summed E-state index contributed by atoms with van der Waals surface area (Å²) < 4.78 is 8.97. The summed E-state index contributed by atoms with van der Waals surface area (Å²) in [6.45, 7) is 2.12. The monoisotopic (exact) mass is 495 g/mol. The van der Waals surface area contributed by atoms with Crippen LogP contribution in [0.15, 0.2) is 35.4 Å². The van der Waals surface area contributed by atoms with E-state index in [1.807, 2.05) is 12.3 Å². The number of anilines is 3. The van der Waals surface area contributed by atoms with Crippen LogP contribution in [0.25, 0.3) is 5.65 Å². The number of pyridine rings is 1. The van der Waals surface area contributed by atoms with Gasteiger partial charge in [0.15, 0.2) is 5.65 Å². The number of fused-ring (bicyclic) bond motifs is 1. The fourth-order valence-corrected chi connectivity index (χ4v) is 4.99. The summed E-state index contributed by atoms with van der Waals surface area (Å²) in [5.74, 6) is 0.672. The molecule has 2 atom stereocenters. The number of ether oxygens (including phenoxy) is 1. The van der Waals surface area contributed by atoms with Gasteiger partial charge < -0.3 is 30.4 Å². The molecule has 0 saturated heterocycles. The van der Waals surface area contributed by atoms with Gasteiger partial charge in [0.25, 0.3) is 11.5 Å². The molecule has 0 radical (unpaired) electrons. The highest BCUT2D eigenvalue weighted by molar-refractivity contribution is 6.00. The van der Waals surface area contributed by atoms with Gasteiger partial charge in [0.2, 0.25) is 0 Å². The number of rotatable bonds is 7. The molecule has 11 heteroatoms. The van der Waals surface area contributed by atoms with E-state index in [1.165, 1.54) is 10.7 Å². The first-order valence-electron chi connectivity index (χ1n) is 12.4. The Bertz CT molecular complexity index is 1330. The zero-order valence-electron chi connectivity index (χ0n) is 20.8. The molecule has 36 heavy (non-hydrogen) atoms. The van der Waals surface area contributed by atoms with Crippen LogP contribution in [0.5, 0.6) is 0 Å². The van der Waals surface area contributed by atoms with Crippen molar-refractivity contribution in [3.05, 3.63) is 46.5 Å². The molecule has 0 aromatic carbocycles. The molecule has 2 aliphatic carbocycles. The average molecular weight is 496 g/mol. The largest absolute Gasteiger partial charge is 0.391 e. The lowest BCUT2D eigenvalue weighted by atomic mass is 9.83. The highest BCUT2D eigenvalue weighted by Gasteiger charge is 2.33. The third-order valence-corrected chi connectivity index (χ3v) is 7.66. The van der Waals surface area contributed by atoms with E-state index in [2.05, 4.69) is 33.0 Å². The summed E-state index contributed by atoms with van der Waals surface area (Å²) in [5, 5.41) is 23.2. The number of aliphatic hydroxyl groups excluding tert-OH is 1. The molecule has 2 saturated carbocycles. The van der Waals surface area contributed by atoms with Crippen molar-refractivity contribution in [1.82, 2.24) is 24.5 Å². The Morgan fingerprint density at radius 3 is 2.67 bits per heavy atom. The van der Waals surface area contributed by atoms with Gasteiger partial charge in [-0.1, -0.05) is 0 Å². The Labute approximate surface area is 208 Å². The van der Waals surface area contributed by atoms with Crippen LogP contribution >= 0.6 is 0 Å². The maximum atomic E-state index is 13.4. The molecule has 0 unspecified atom stereocenters. The van der Waals surface area contributed by atoms with Gasteiger partial charge in [-0.05, 0) is 57.6 Å². The lowest BCUT2D eigenvalue weighted by Gasteiger charge is -2.36. The molecule has 0 bridgehead atoms. The molecule has 1 amide bonds. The molecule has 3 heterocycles. The second-order valence-corrected chi connectivity index (χ2v) is 9.94. The van der Waals surface area contributed by atoms with Crippen molar-refractivity contribution < 1.29 is 14.6 Å². The summed E-state index contributed by atoms with van der Waals surface area (Å²) in [7, 11) is 3.49. The van der Waals surface area contributed by atoms with Crippen LogP contribution in [0.1, 0.15) is 61.8 Å². The van der Waals surface area contributed by atoms with E-state index in [0.717, 1.165) is 32.1 Å². The fourth-order valence-electron chi connectivity index (χ4n) is 4.99. The summed E-state index contributed by atoms with van der Waals surface area (Å²) in [6, 6.07) is 5.17. The predicted molar refractivity (Wildman–Crippen MR) is 136 cm³/mol. The van der Waals surface area contributed by atoms with Crippen molar-refractivity contribution in [1.29, 1.82) is 0 Å². The van der Waals surface area contributed by atoms with Gasteiger partial charge in [-0.15, -0.1) is 0 Å². The standard InChI is InChI=1S/C25H33N7O4/c1-25(36-3)10-8-15(9-11-25)31-12-4-5-18(24(31)35)28-20-13-21(26-2)32-22(30-20)16(14-27-32)23(34)29-17-6-7-19(17)33/h4-5,12-15,17,19,26,33H,6-11H2,1-3H3,(H,28,30)(H,29,34)/t15-,17-,19-,25-/m1/s1. The number of nitrogens with one attached hydrogen (secondary N) is 3. The minimum Gasteiger partial charge on any atom is -0.391 e. The number of hydrogen-bond acceptors (Lipinski definition) is 8. The number of methoxy groups -OCH3 is 1. The van der Waals surface area contributed by atoms with Crippen LogP contribution in [0.4, 0.5) is 17.3 Å². The minimum absolute atomic E-state index is 0.109. The Kier molecular flexibility index (Phi) is 6.44. The van der Waals surface area contributed by atoms with E-state index in [0.29, 0.717) is 35.0 Å². The Morgan fingerprint density at radius 2 is 2.03 bits per heavy atom. The van der Waals surface area contributed by atoms with Crippen molar-refractivity contribution in [3.63, 3.8) is 0 Å². The quantitative estimate of drug-likeness (QED) is 0.393. The summed E-state index contributed by atoms with van der Waals surface area (Å²) in [5.41, 5.74) is 0.785. The van der Waals surface area contributed by atoms with Gasteiger partial charge >= 0.3 is 0 Å². The van der Waals surface area contributed by atoms with Crippen LogP contribution in [-0.4, -0.2) is 62.1 Å². The summed E-state index contributed by atoms with van der Waals surface area (Å²) >= 11 is 0. The average Bonchev–Trinajstić information content (AvgIpc) is 3.32. The van der Waals surface area contributed by atoms with Crippen molar-refractivity contribution >= 4 is 28.9 Å². The molecule has 2 aliphatic rings. The van der Waals surface area contributed by atoms with Crippen molar-refractivity contribution in [3.8, 4) is 0 Å². The van der Waals surface area contributed by atoms with Crippen molar-refractivity contribution in [2.75, 3.05) is 24.8 Å². The van der Waals surface area contributed by atoms with E-state index in [1.54, 1.807) is 30.9 Å². The number of amides is 1. The van der Waals surface area contributed by atoms with Crippen molar-refractivity contribution in [2.45, 2.75) is 69.2 Å². The number of nitrogens with zero attached hydrogens (tertiary/aromatic N) is 4. The van der Waals surface area contributed by atoms with Crippen LogP contribution in [0.3, 0.4) is 0 Å². The second-order valence-electron chi connectivity index (χ2n) is 9.94. The van der Waals surface area contributed by atoms with Gasteiger partial charge in [-0.2, -0.15) is 9.61 Å². The van der Waals surface area contributed by atoms with E-state index < -0.39 is 6.10 Å². The molecule has 0 aliphatic heterocycles. The number of aliphatic hydroxyl groups is 1. The zero-order valence-corrected chi connectivity index (χ0v) is 20.8. The van der Waals surface area contributed by atoms with Gasteiger partial charge in [0.05, 0.1) is 23.9 Å². The lowest BCUT2D eigenvalue weighted by molar-refractivity contribution is -0.0324. The number of carbonyl (C=O) groups excluding carboxylic acids is 1. The van der Waals surface area contributed by atoms with Gasteiger partial charge in [0, 0.05) is 32.5 Å². The molecule has 2 fully saturated rings. The van der Waals surface area contributed by atoms with Crippen LogP contribution in [0.2, 0.25) is 0 Å². The Morgan fingerprint density at radius 1 is 1.25 bits per heavy atom.